The average Bonchev–Trinajstić information content (AvgIpc) is 2.53. The van der Waals surface area contributed by atoms with Crippen LogP contribution in [0.4, 0.5) is 13.2 Å². The summed E-state index contributed by atoms with van der Waals surface area (Å²) >= 11 is 0. The van der Waals surface area contributed by atoms with Crippen LogP contribution < -0.4 is 0 Å². The molecule has 0 aliphatic rings. The third-order valence-electron chi connectivity index (χ3n) is 2.05. The van der Waals surface area contributed by atoms with E-state index in [1.807, 2.05) is 0 Å². The van der Waals surface area contributed by atoms with Crippen LogP contribution in [0.25, 0.3) is 0 Å². The van der Waals surface area contributed by atoms with E-state index in [0.717, 1.165) is 6.20 Å². The van der Waals surface area contributed by atoms with Crippen LogP contribution in [-0.2, 0) is 11.3 Å². The number of aromatic carboxylic acids is 1. The van der Waals surface area contributed by atoms with Crippen molar-refractivity contribution in [2.45, 2.75) is 19.6 Å². The highest BCUT2D eigenvalue weighted by Gasteiger charge is 2.27. The Labute approximate surface area is 94.8 Å². The van der Waals surface area contributed by atoms with E-state index in [-0.39, 0.29) is 18.7 Å². The van der Waals surface area contributed by atoms with E-state index in [9.17, 15) is 18.0 Å². The van der Waals surface area contributed by atoms with Crippen LogP contribution in [0.2, 0.25) is 0 Å². The van der Waals surface area contributed by atoms with E-state index in [1.165, 1.54) is 11.6 Å². The fraction of sp³-hybridized carbons (Fsp3) is 0.556. The first-order valence-corrected chi connectivity index (χ1v) is 4.71. The summed E-state index contributed by atoms with van der Waals surface area (Å²) in [5, 5.41) is 12.5. The second kappa shape index (κ2) is 5.17. The number of aromatic nitrogens is 2. The van der Waals surface area contributed by atoms with Crippen molar-refractivity contribution in [1.29, 1.82) is 0 Å². The average molecular weight is 252 g/mol. The molecule has 1 heterocycles. The highest BCUT2D eigenvalue weighted by Crippen LogP contribution is 2.14. The van der Waals surface area contributed by atoms with Crippen molar-refractivity contribution in [3.05, 3.63) is 17.5 Å². The molecule has 0 amide bonds. The standard InChI is InChI=1S/C9H11F3N2O3/c1-6-7(8(15)16)4-13-14(6)2-3-17-5-9(10,11)12/h4H,2-3,5H2,1H3,(H,15,16). The molecule has 0 saturated carbocycles. The molecule has 0 fully saturated rings. The summed E-state index contributed by atoms with van der Waals surface area (Å²) in [6.07, 6.45) is -3.20. The maximum absolute atomic E-state index is 11.7. The molecule has 1 aromatic heterocycles. The smallest absolute Gasteiger partial charge is 0.411 e. The zero-order valence-corrected chi connectivity index (χ0v) is 8.99. The van der Waals surface area contributed by atoms with Crippen molar-refractivity contribution in [3.8, 4) is 0 Å². The van der Waals surface area contributed by atoms with Crippen LogP contribution in [0.15, 0.2) is 6.20 Å². The zero-order chi connectivity index (χ0) is 13.1. The molecule has 1 rings (SSSR count). The summed E-state index contributed by atoms with van der Waals surface area (Å²) in [6.45, 7) is 0.107. The Kier molecular flexibility index (Phi) is 4.11. The normalized spacial score (nSPS) is 11.8. The minimum absolute atomic E-state index is 0.0285. The summed E-state index contributed by atoms with van der Waals surface area (Å²) in [7, 11) is 0. The minimum atomic E-state index is -4.36. The number of rotatable bonds is 5. The molecule has 5 nitrogen and oxygen atoms in total. The lowest BCUT2D eigenvalue weighted by Crippen LogP contribution is -2.19. The van der Waals surface area contributed by atoms with E-state index in [1.54, 1.807) is 0 Å². The fourth-order valence-electron chi connectivity index (χ4n) is 1.22. The molecule has 0 aliphatic carbocycles. The Morgan fingerprint density at radius 1 is 1.59 bits per heavy atom. The molecule has 0 unspecified atom stereocenters. The number of hydrogen-bond donors (Lipinski definition) is 1. The summed E-state index contributed by atoms with van der Waals surface area (Å²) in [5.41, 5.74) is 0.411. The van der Waals surface area contributed by atoms with Crippen LogP contribution in [-0.4, -0.2) is 40.2 Å². The third kappa shape index (κ3) is 4.06. The Hall–Kier alpha value is -1.57. The molecule has 1 N–H and O–H groups in total. The lowest BCUT2D eigenvalue weighted by Gasteiger charge is -2.08. The molecule has 0 aromatic carbocycles. The molecule has 0 radical (unpaired) electrons. The van der Waals surface area contributed by atoms with Crippen molar-refractivity contribution in [3.63, 3.8) is 0 Å². The molecule has 0 atom stereocenters. The Morgan fingerprint density at radius 2 is 2.24 bits per heavy atom. The van der Waals surface area contributed by atoms with Gasteiger partial charge in [-0.25, -0.2) is 4.79 Å². The monoisotopic (exact) mass is 252 g/mol. The molecular weight excluding hydrogens is 241 g/mol. The number of alkyl halides is 3. The zero-order valence-electron chi connectivity index (χ0n) is 8.99. The van der Waals surface area contributed by atoms with E-state index in [4.69, 9.17) is 5.11 Å². The lowest BCUT2D eigenvalue weighted by molar-refractivity contribution is -0.174. The molecule has 0 spiro atoms. The van der Waals surface area contributed by atoms with Gasteiger partial charge in [0.15, 0.2) is 0 Å². The van der Waals surface area contributed by atoms with Crippen molar-refractivity contribution in [2.75, 3.05) is 13.2 Å². The highest BCUT2D eigenvalue weighted by molar-refractivity contribution is 5.88. The van der Waals surface area contributed by atoms with Crippen molar-refractivity contribution >= 4 is 5.97 Å². The van der Waals surface area contributed by atoms with Gasteiger partial charge in [0.05, 0.1) is 19.3 Å². The Bertz CT molecular complexity index is 401. The second-order valence-electron chi connectivity index (χ2n) is 3.34. The molecule has 0 saturated heterocycles. The number of carboxylic acids is 1. The van der Waals surface area contributed by atoms with Gasteiger partial charge in [-0.05, 0) is 6.92 Å². The van der Waals surface area contributed by atoms with Gasteiger partial charge in [0, 0.05) is 5.69 Å². The maximum Gasteiger partial charge on any atom is 0.411 e. The van der Waals surface area contributed by atoms with Gasteiger partial charge in [0.25, 0.3) is 0 Å². The van der Waals surface area contributed by atoms with E-state index in [2.05, 4.69) is 9.84 Å². The van der Waals surface area contributed by atoms with Gasteiger partial charge in [-0.2, -0.15) is 18.3 Å². The number of carboxylic acid groups (broad SMARTS) is 1. The molecule has 8 heteroatoms. The van der Waals surface area contributed by atoms with Gasteiger partial charge in [0.2, 0.25) is 0 Å². The quantitative estimate of drug-likeness (QED) is 0.806. The van der Waals surface area contributed by atoms with E-state index in [0.29, 0.717) is 5.69 Å². The molecule has 0 aliphatic heterocycles. The van der Waals surface area contributed by atoms with Gasteiger partial charge in [-0.1, -0.05) is 0 Å². The topological polar surface area (TPSA) is 64.3 Å². The summed E-state index contributed by atoms with van der Waals surface area (Å²) < 4.78 is 40.9. The van der Waals surface area contributed by atoms with Crippen molar-refractivity contribution < 1.29 is 27.8 Å². The largest absolute Gasteiger partial charge is 0.478 e. The number of nitrogens with zero attached hydrogens (tertiary/aromatic N) is 2. The van der Waals surface area contributed by atoms with Crippen LogP contribution in [0, 0.1) is 6.92 Å². The van der Waals surface area contributed by atoms with Crippen LogP contribution in [0.1, 0.15) is 16.1 Å². The second-order valence-corrected chi connectivity index (χ2v) is 3.34. The van der Waals surface area contributed by atoms with Gasteiger partial charge >= 0.3 is 12.1 Å². The predicted molar refractivity (Wildman–Crippen MR) is 50.8 cm³/mol. The SMILES string of the molecule is Cc1c(C(=O)O)cnn1CCOCC(F)(F)F. The van der Waals surface area contributed by atoms with Gasteiger partial charge in [-0.3, -0.25) is 4.68 Å². The Balaban J connectivity index is 2.45. The molecule has 17 heavy (non-hydrogen) atoms. The highest BCUT2D eigenvalue weighted by atomic mass is 19.4. The first-order valence-electron chi connectivity index (χ1n) is 4.71. The number of ether oxygens (including phenoxy) is 1. The van der Waals surface area contributed by atoms with Crippen LogP contribution >= 0.6 is 0 Å². The lowest BCUT2D eigenvalue weighted by atomic mass is 10.3. The number of carbonyl (C=O) groups is 1. The van der Waals surface area contributed by atoms with Crippen LogP contribution in [0.3, 0.4) is 0 Å². The summed E-state index contributed by atoms with van der Waals surface area (Å²) in [4.78, 5) is 10.7. The Morgan fingerprint density at radius 3 is 2.71 bits per heavy atom. The summed E-state index contributed by atoms with van der Waals surface area (Å²) in [5.74, 6) is -1.12. The number of hydrogen-bond acceptors (Lipinski definition) is 3. The first kappa shape index (κ1) is 13.5. The van der Waals surface area contributed by atoms with Gasteiger partial charge in [0.1, 0.15) is 12.2 Å². The van der Waals surface area contributed by atoms with E-state index >= 15 is 0 Å². The predicted octanol–water partition coefficient (Wildman–Crippen LogP) is 1.47. The van der Waals surface area contributed by atoms with Gasteiger partial charge in [-0.15, -0.1) is 0 Å². The molecule has 0 bridgehead atoms. The summed E-state index contributed by atoms with van der Waals surface area (Å²) in [6, 6.07) is 0. The maximum atomic E-state index is 11.7. The van der Waals surface area contributed by atoms with Crippen molar-refractivity contribution in [1.82, 2.24) is 9.78 Å². The molecule has 1 aromatic rings. The molecule has 96 valence electrons. The van der Waals surface area contributed by atoms with E-state index < -0.39 is 18.8 Å². The number of halogens is 3. The third-order valence-corrected chi connectivity index (χ3v) is 2.05. The fourth-order valence-corrected chi connectivity index (χ4v) is 1.22. The first-order chi connectivity index (χ1) is 7.81. The van der Waals surface area contributed by atoms with Crippen molar-refractivity contribution in [2.24, 2.45) is 0 Å². The van der Waals surface area contributed by atoms with Crippen LogP contribution in [0.5, 0.6) is 0 Å². The minimum Gasteiger partial charge on any atom is -0.478 e. The molecular formula is C9H11F3N2O3. The van der Waals surface area contributed by atoms with Gasteiger partial charge < -0.3 is 9.84 Å².